The maximum absolute atomic E-state index is 14.5. The highest BCUT2D eigenvalue weighted by molar-refractivity contribution is 7.78. The molecule has 0 saturated carbocycles. The number of aryl methyl sites for hydroxylation is 1. The Bertz CT molecular complexity index is 1050. The van der Waals surface area contributed by atoms with E-state index in [0.29, 0.717) is 11.3 Å². The zero-order valence-electron chi connectivity index (χ0n) is 13.8. The van der Waals surface area contributed by atoms with Gasteiger partial charge in [-0.05, 0) is 60.6 Å². The van der Waals surface area contributed by atoms with E-state index < -0.39 is 11.6 Å². The first-order valence-corrected chi connectivity index (χ1v) is 9.11. The summed E-state index contributed by atoms with van der Waals surface area (Å²) in [7, 11) is 0. The third-order valence-corrected chi connectivity index (χ3v) is 4.98. The Hall–Kier alpha value is -2.64. The first kappa shape index (κ1) is 18.2. The minimum atomic E-state index is -0.554. The van der Waals surface area contributed by atoms with Crippen LogP contribution < -0.4 is 0 Å². The molecule has 0 bridgehead atoms. The van der Waals surface area contributed by atoms with Crippen molar-refractivity contribution >= 4 is 34.4 Å². The second-order valence-electron chi connectivity index (χ2n) is 5.43. The van der Waals surface area contributed by atoms with E-state index in [4.69, 9.17) is 0 Å². The molecule has 3 aromatic rings. The van der Waals surface area contributed by atoms with Crippen LogP contribution in [0, 0.1) is 23.5 Å². The number of isothiocyanates is 1. The van der Waals surface area contributed by atoms with Crippen LogP contribution in [0.25, 0.3) is 11.1 Å². The summed E-state index contributed by atoms with van der Waals surface area (Å²) in [4.78, 5) is 5.88. The zero-order valence-corrected chi connectivity index (χ0v) is 15.5. The van der Waals surface area contributed by atoms with Crippen LogP contribution >= 0.6 is 23.6 Å². The fourth-order valence-electron chi connectivity index (χ4n) is 2.40. The summed E-state index contributed by atoms with van der Waals surface area (Å²) in [5, 5.41) is 2.26. The van der Waals surface area contributed by atoms with Crippen LogP contribution in [0.4, 0.5) is 14.5 Å². The van der Waals surface area contributed by atoms with Gasteiger partial charge in [-0.25, -0.2) is 8.78 Å². The van der Waals surface area contributed by atoms with E-state index in [1.54, 1.807) is 35.6 Å². The van der Waals surface area contributed by atoms with Gasteiger partial charge in [-0.2, -0.15) is 4.99 Å². The van der Waals surface area contributed by atoms with E-state index in [0.717, 1.165) is 17.4 Å². The first-order valence-electron chi connectivity index (χ1n) is 7.88. The van der Waals surface area contributed by atoms with Gasteiger partial charge >= 0.3 is 0 Å². The van der Waals surface area contributed by atoms with Crippen LogP contribution in [0.3, 0.4) is 0 Å². The summed E-state index contributed by atoms with van der Waals surface area (Å²) in [5.41, 5.74) is 1.37. The van der Waals surface area contributed by atoms with Crippen molar-refractivity contribution in [2.24, 2.45) is 4.99 Å². The number of rotatable bonds is 3. The van der Waals surface area contributed by atoms with E-state index >= 15 is 0 Å². The first-order chi connectivity index (χ1) is 12.6. The molecule has 0 amide bonds. The Labute approximate surface area is 160 Å². The molecule has 2 aromatic carbocycles. The number of thiophene rings is 1. The molecule has 0 radical (unpaired) electrons. The van der Waals surface area contributed by atoms with Crippen molar-refractivity contribution in [1.82, 2.24) is 0 Å². The Morgan fingerprint density at radius 1 is 1.00 bits per heavy atom. The molecule has 3 rings (SSSR count). The van der Waals surface area contributed by atoms with Crippen molar-refractivity contribution in [3.8, 4) is 23.0 Å². The zero-order chi connectivity index (χ0) is 18.5. The molecule has 5 heteroatoms. The number of nitrogens with zero attached hydrogens (tertiary/aromatic N) is 1. The average molecular weight is 381 g/mol. The predicted molar refractivity (Wildman–Crippen MR) is 106 cm³/mol. The van der Waals surface area contributed by atoms with Crippen molar-refractivity contribution in [2.45, 2.75) is 13.3 Å². The van der Waals surface area contributed by atoms with Gasteiger partial charge in [0.15, 0.2) is 0 Å². The summed E-state index contributed by atoms with van der Waals surface area (Å²) in [5.74, 6) is 4.54. The summed E-state index contributed by atoms with van der Waals surface area (Å²) < 4.78 is 28.8. The molecule has 1 nitrogen and oxygen atoms in total. The normalized spacial score (nSPS) is 9.96. The molecule has 0 aliphatic carbocycles. The van der Waals surface area contributed by atoms with Crippen molar-refractivity contribution in [3.63, 3.8) is 0 Å². The molecule has 26 heavy (non-hydrogen) atoms. The van der Waals surface area contributed by atoms with E-state index in [2.05, 4.69) is 41.1 Å². The highest BCUT2D eigenvalue weighted by Gasteiger charge is 2.11. The maximum Gasteiger partial charge on any atom is 0.139 e. The second-order valence-corrected chi connectivity index (χ2v) is 6.78. The Kier molecular flexibility index (Phi) is 5.70. The van der Waals surface area contributed by atoms with Crippen LogP contribution in [-0.4, -0.2) is 5.16 Å². The number of aliphatic imine (C=N–C) groups is 1. The SMILES string of the molecule is CCc1ccc(C#Cc2cc(F)c(-c3ccc(N=C=S)cc3)cc2F)s1. The molecule has 0 aliphatic heterocycles. The minimum absolute atomic E-state index is 0.0413. The lowest BCUT2D eigenvalue weighted by atomic mass is 10.0. The van der Waals surface area contributed by atoms with Gasteiger partial charge in [0.25, 0.3) is 0 Å². The largest absolute Gasteiger partial charge is 0.206 e. The number of thiocarbonyl (C=S) groups is 1. The van der Waals surface area contributed by atoms with Crippen molar-refractivity contribution in [3.05, 3.63) is 75.5 Å². The van der Waals surface area contributed by atoms with Gasteiger partial charge in [-0.15, -0.1) is 11.3 Å². The Morgan fingerprint density at radius 2 is 1.77 bits per heavy atom. The monoisotopic (exact) mass is 381 g/mol. The van der Waals surface area contributed by atoms with E-state index in [9.17, 15) is 8.78 Å². The van der Waals surface area contributed by atoms with Crippen molar-refractivity contribution < 1.29 is 8.78 Å². The molecule has 0 N–H and O–H groups in total. The number of benzene rings is 2. The minimum Gasteiger partial charge on any atom is -0.206 e. The topological polar surface area (TPSA) is 12.4 Å². The van der Waals surface area contributed by atoms with E-state index in [1.165, 1.54) is 10.9 Å². The number of halogens is 2. The number of hydrogen-bond acceptors (Lipinski definition) is 3. The molecule has 0 spiro atoms. The van der Waals surface area contributed by atoms with Gasteiger partial charge in [-0.1, -0.05) is 30.9 Å². The Morgan fingerprint density at radius 3 is 2.42 bits per heavy atom. The molecule has 0 unspecified atom stereocenters. The fourth-order valence-corrected chi connectivity index (χ4v) is 3.30. The quantitative estimate of drug-likeness (QED) is 0.291. The maximum atomic E-state index is 14.5. The van der Waals surface area contributed by atoms with Gasteiger partial charge in [0.1, 0.15) is 11.6 Å². The lowest BCUT2D eigenvalue weighted by Gasteiger charge is -2.05. The van der Waals surface area contributed by atoms with Gasteiger partial charge in [0.05, 0.1) is 21.3 Å². The van der Waals surface area contributed by atoms with Crippen LogP contribution in [0.2, 0.25) is 0 Å². The summed E-state index contributed by atoms with van der Waals surface area (Å²) in [6.45, 7) is 2.06. The van der Waals surface area contributed by atoms with Crippen molar-refractivity contribution in [2.75, 3.05) is 0 Å². The van der Waals surface area contributed by atoms with Crippen LogP contribution in [0.15, 0.2) is 53.5 Å². The number of hydrogen-bond donors (Lipinski definition) is 0. The lowest BCUT2D eigenvalue weighted by Crippen LogP contribution is -1.91. The summed E-state index contributed by atoms with van der Waals surface area (Å²) in [6, 6.07) is 12.8. The predicted octanol–water partition coefficient (Wildman–Crippen LogP) is 6.39. The van der Waals surface area contributed by atoms with E-state index in [1.807, 2.05) is 12.1 Å². The molecule has 128 valence electrons. The lowest BCUT2D eigenvalue weighted by molar-refractivity contribution is 0.600. The van der Waals surface area contributed by atoms with Crippen LogP contribution in [0.5, 0.6) is 0 Å². The van der Waals surface area contributed by atoms with Gasteiger partial charge in [0, 0.05) is 10.4 Å². The summed E-state index contributed by atoms with van der Waals surface area (Å²) >= 11 is 6.10. The van der Waals surface area contributed by atoms with Gasteiger partial charge in [0.2, 0.25) is 0 Å². The van der Waals surface area contributed by atoms with Gasteiger partial charge in [-0.3, -0.25) is 0 Å². The molecule has 1 heterocycles. The fraction of sp³-hybridized carbons (Fsp3) is 0.0952. The molecular weight excluding hydrogens is 368 g/mol. The smallest absolute Gasteiger partial charge is 0.139 e. The van der Waals surface area contributed by atoms with Crippen molar-refractivity contribution in [1.29, 1.82) is 0 Å². The average Bonchev–Trinajstić information content (AvgIpc) is 3.11. The summed E-state index contributed by atoms with van der Waals surface area (Å²) in [6.07, 6.45) is 0.929. The van der Waals surface area contributed by atoms with E-state index in [-0.39, 0.29) is 11.1 Å². The van der Waals surface area contributed by atoms with Gasteiger partial charge < -0.3 is 0 Å². The highest BCUT2D eigenvalue weighted by atomic mass is 32.1. The highest BCUT2D eigenvalue weighted by Crippen LogP contribution is 2.27. The second kappa shape index (κ2) is 8.16. The molecule has 0 aliphatic rings. The molecule has 0 atom stereocenters. The Balaban J connectivity index is 1.92. The van der Waals surface area contributed by atoms with Crippen LogP contribution in [0.1, 0.15) is 22.2 Å². The standard InChI is InChI=1S/C21H13F2NS2/c1-2-17-9-10-18(26-17)8-5-15-11-21(23)19(12-20(15)22)14-3-6-16(7-4-14)24-13-25/h3-4,6-7,9-12H,2H2,1H3. The molecule has 0 saturated heterocycles. The molecule has 0 fully saturated rings. The molecular formula is C21H13F2NS2. The molecule has 1 aromatic heterocycles. The third-order valence-electron chi connectivity index (χ3n) is 3.74. The third kappa shape index (κ3) is 4.12. The van der Waals surface area contributed by atoms with Crippen LogP contribution in [-0.2, 0) is 6.42 Å².